The molecule has 0 unspecified atom stereocenters. The molecule has 0 spiro atoms. The molecule has 1 aliphatic heterocycles. The topological polar surface area (TPSA) is 24.5 Å². The minimum Gasteiger partial charge on any atom is -0.495 e. The van der Waals surface area contributed by atoms with E-state index in [1.54, 1.807) is 7.11 Å². The zero-order valence-corrected chi connectivity index (χ0v) is 10.3. The molecule has 0 aliphatic carbocycles. The maximum Gasteiger partial charge on any atom is 0.142 e. The molecule has 0 bridgehead atoms. The van der Waals surface area contributed by atoms with Crippen molar-refractivity contribution in [2.75, 3.05) is 38.2 Å². The molecule has 1 fully saturated rings. The van der Waals surface area contributed by atoms with E-state index in [4.69, 9.17) is 4.74 Å². The van der Waals surface area contributed by atoms with Crippen molar-refractivity contribution in [3.8, 4) is 5.75 Å². The van der Waals surface area contributed by atoms with Crippen LogP contribution in [0.3, 0.4) is 0 Å². The summed E-state index contributed by atoms with van der Waals surface area (Å²) < 4.78 is 5.47. The normalized spacial score (nSPS) is 16.3. The molecule has 2 rings (SSSR count). The van der Waals surface area contributed by atoms with Crippen LogP contribution in [0.1, 0.15) is 11.1 Å². The molecule has 1 aliphatic rings. The summed E-state index contributed by atoms with van der Waals surface area (Å²) in [7, 11) is 1.75. The van der Waals surface area contributed by atoms with E-state index in [0.29, 0.717) is 0 Å². The summed E-state index contributed by atoms with van der Waals surface area (Å²) in [5.74, 6) is 0.991. The number of benzene rings is 1. The molecule has 1 N–H and O–H groups in total. The molecule has 1 saturated heterocycles. The van der Waals surface area contributed by atoms with E-state index in [0.717, 1.165) is 31.9 Å². The standard InChI is InChI=1S/C13H20N2O/c1-10-8-12(13(16-3)9-11(10)2)15-6-4-14-5-7-15/h8-9,14H,4-7H2,1-3H3. The SMILES string of the molecule is COc1cc(C)c(C)cc1N1CCNCC1. The van der Waals surface area contributed by atoms with Crippen LogP contribution in [0.25, 0.3) is 0 Å². The fraction of sp³-hybridized carbons (Fsp3) is 0.538. The number of methoxy groups -OCH3 is 1. The Hall–Kier alpha value is -1.22. The second kappa shape index (κ2) is 4.74. The minimum absolute atomic E-state index is 0.991. The van der Waals surface area contributed by atoms with Crippen molar-refractivity contribution >= 4 is 5.69 Å². The van der Waals surface area contributed by atoms with E-state index in [2.05, 4.69) is 36.2 Å². The first kappa shape index (κ1) is 11.3. The highest BCUT2D eigenvalue weighted by atomic mass is 16.5. The highest BCUT2D eigenvalue weighted by Gasteiger charge is 2.15. The molecular weight excluding hydrogens is 200 g/mol. The van der Waals surface area contributed by atoms with Crippen molar-refractivity contribution in [1.29, 1.82) is 0 Å². The minimum atomic E-state index is 0.991. The van der Waals surface area contributed by atoms with Crippen LogP contribution >= 0.6 is 0 Å². The van der Waals surface area contributed by atoms with Crippen LogP contribution < -0.4 is 15.0 Å². The third-order valence-electron chi connectivity index (χ3n) is 3.25. The second-order valence-corrected chi connectivity index (χ2v) is 4.35. The first-order chi connectivity index (χ1) is 7.72. The van der Waals surface area contributed by atoms with Gasteiger partial charge in [0.15, 0.2) is 0 Å². The zero-order chi connectivity index (χ0) is 11.5. The summed E-state index contributed by atoms with van der Waals surface area (Å²) >= 11 is 0. The smallest absolute Gasteiger partial charge is 0.142 e. The largest absolute Gasteiger partial charge is 0.495 e. The summed E-state index contributed by atoms with van der Waals surface area (Å²) in [6, 6.07) is 4.37. The number of hydrogen-bond acceptors (Lipinski definition) is 3. The molecule has 0 atom stereocenters. The Labute approximate surface area is 97.4 Å². The van der Waals surface area contributed by atoms with Crippen LogP contribution in [0.5, 0.6) is 5.75 Å². The van der Waals surface area contributed by atoms with Gasteiger partial charge in [0, 0.05) is 26.2 Å². The van der Waals surface area contributed by atoms with Crippen LogP contribution in [-0.4, -0.2) is 33.3 Å². The van der Waals surface area contributed by atoms with Gasteiger partial charge in [-0.2, -0.15) is 0 Å². The maximum atomic E-state index is 5.47. The van der Waals surface area contributed by atoms with Gasteiger partial charge in [-0.1, -0.05) is 0 Å². The molecule has 0 aromatic heterocycles. The average Bonchev–Trinajstić information content (AvgIpc) is 2.33. The van der Waals surface area contributed by atoms with E-state index in [-0.39, 0.29) is 0 Å². The van der Waals surface area contributed by atoms with E-state index < -0.39 is 0 Å². The van der Waals surface area contributed by atoms with Crippen molar-refractivity contribution in [2.45, 2.75) is 13.8 Å². The van der Waals surface area contributed by atoms with Crippen molar-refractivity contribution < 1.29 is 4.74 Å². The summed E-state index contributed by atoms with van der Waals surface area (Å²) in [6.07, 6.45) is 0. The van der Waals surface area contributed by atoms with Gasteiger partial charge >= 0.3 is 0 Å². The van der Waals surface area contributed by atoms with Gasteiger partial charge in [-0.15, -0.1) is 0 Å². The highest BCUT2D eigenvalue weighted by Crippen LogP contribution is 2.31. The Kier molecular flexibility index (Phi) is 3.34. The Balaban J connectivity index is 2.33. The molecule has 3 heteroatoms. The Morgan fingerprint density at radius 3 is 2.38 bits per heavy atom. The number of piperazine rings is 1. The summed E-state index contributed by atoms with van der Waals surface area (Å²) in [6.45, 7) is 8.49. The van der Waals surface area contributed by atoms with Gasteiger partial charge in [-0.3, -0.25) is 0 Å². The van der Waals surface area contributed by atoms with Gasteiger partial charge in [0.1, 0.15) is 5.75 Å². The van der Waals surface area contributed by atoms with Crippen LogP contribution in [0.2, 0.25) is 0 Å². The van der Waals surface area contributed by atoms with Crippen LogP contribution in [-0.2, 0) is 0 Å². The summed E-state index contributed by atoms with van der Waals surface area (Å²) in [5.41, 5.74) is 3.84. The Morgan fingerprint density at radius 1 is 1.12 bits per heavy atom. The number of nitrogens with zero attached hydrogens (tertiary/aromatic N) is 1. The lowest BCUT2D eigenvalue weighted by Crippen LogP contribution is -2.43. The number of anilines is 1. The van der Waals surface area contributed by atoms with Crippen LogP contribution in [0, 0.1) is 13.8 Å². The van der Waals surface area contributed by atoms with Gasteiger partial charge in [0.25, 0.3) is 0 Å². The second-order valence-electron chi connectivity index (χ2n) is 4.35. The van der Waals surface area contributed by atoms with Gasteiger partial charge in [-0.25, -0.2) is 0 Å². The van der Waals surface area contributed by atoms with Crippen molar-refractivity contribution in [1.82, 2.24) is 5.32 Å². The summed E-state index contributed by atoms with van der Waals surface area (Å²) in [5, 5.41) is 3.37. The molecule has 0 radical (unpaired) electrons. The number of rotatable bonds is 2. The molecule has 1 aromatic carbocycles. The number of aryl methyl sites for hydroxylation is 2. The number of ether oxygens (including phenoxy) is 1. The highest BCUT2D eigenvalue weighted by molar-refractivity contribution is 5.62. The van der Waals surface area contributed by atoms with E-state index in [9.17, 15) is 0 Å². The van der Waals surface area contributed by atoms with Gasteiger partial charge < -0.3 is 15.0 Å². The first-order valence-electron chi connectivity index (χ1n) is 5.83. The average molecular weight is 220 g/mol. The first-order valence-corrected chi connectivity index (χ1v) is 5.83. The monoisotopic (exact) mass is 220 g/mol. The third-order valence-corrected chi connectivity index (χ3v) is 3.25. The molecule has 1 heterocycles. The molecule has 1 aromatic rings. The van der Waals surface area contributed by atoms with Gasteiger partial charge in [0.2, 0.25) is 0 Å². The number of hydrogen-bond donors (Lipinski definition) is 1. The number of nitrogens with one attached hydrogen (secondary N) is 1. The Bertz CT molecular complexity index is 370. The van der Waals surface area contributed by atoms with Gasteiger partial charge in [-0.05, 0) is 37.1 Å². The lowest BCUT2D eigenvalue weighted by Gasteiger charge is -2.31. The lowest BCUT2D eigenvalue weighted by atomic mass is 10.1. The Morgan fingerprint density at radius 2 is 1.75 bits per heavy atom. The van der Waals surface area contributed by atoms with Crippen molar-refractivity contribution in [2.24, 2.45) is 0 Å². The van der Waals surface area contributed by atoms with E-state index in [1.165, 1.54) is 16.8 Å². The fourth-order valence-electron chi connectivity index (χ4n) is 2.09. The molecule has 0 amide bonds. The fourth-order valence-corrected chi connectivity index (χ4v) is 2.09. The lowest BCUT2D eigenvalue weighted by molar-refractivity contribution is 0.412. The molecule has 16 heavy (non-hydrogen) atoms. The third kappa shape index (κ3) is 2.14. The predicted molar refractivity (Wildman–Crippen MR) is 67.6 cm³/mol. The quantitative estimate of drug-likeness (QED) is 0.821. The van der Waals surface area contributed by atoms with E-state index >= 15 is 0 Å². The van der Waals surface area contributed by atoms with Crippen molar-refractivity contribution in [3.05, 3.63) is 23.3 Å². The molecule has 0 saturated carbocycles. The molecule has 3 nitrogen and oxygen atoms in total. The van der Waals surface area contributed by atoms with E-state index in [1.807, 2.05) is 0 Å². The zero-order valence-electron chi connectivity index (χ0n) is 10.3. The predicted octanol–water partition coefficient (Wildman–Crippen LogP) is 1.72. The summed E-state index contributed by atoms with van der Waals surface area (Å²) in [4.78, 5) is 2.39. The molecule has 88 valence electrons. The van der Waals surface area contributed by atoms with Crippen LogP contribution in [0.4, 0.5) is 5.69 Å². The van der Waals surface area contributed by atoms with Crippen LogP contribution in [0.15, 0.2) is 12.1 Å². The maximum absolute atomic E-state index is 5.47. The van der Waals surface area contributed by atoms with Crippen molar-refractivity contribution in [3.63, 3.8) is 0 Å². The molecular formula is C13H20N2O. The van der Waals surface area contributed by atoms with Gasteiger partial charge in [0.05, 0.1) is 12.8 Å².